The summed E-state index contributed by atoms with van der Waals surface area (Å²) in [6.45, 7) is 0.559. The van der Waals surface area contributed by atoms with Crippen molar-refractivity contribution in [3.05, 3.63) is 46.2 Å². The van der Waals surface area contributed by atoms with Crippen LogP contribution in [0.5, 0.6) is 11.5 Å². The molecule has 0 saturated carbocycles. The number of amides is 1. The van der Waals surface area contributed by atoms with Crippen molar-refractivity contribution in [2.24, 2.45) is 0 Å². The minimum absolute atomic E-state index is 0.0297. The predicted octanol–water partition coefficient (Wildman–Crippen LogP) is 2.73. The second-order valence-corrected chi connectivity index (χ2v) is 5.16. The third-order valence-electron chi connectivity index (χ3n) is 2.75. The van der Waals surface area contributed by atoms with Crippen molar-refractivity contribution in [3.63, 3.8) is 0 Å². The smallest absolute Gasteiger partial charge is 0.254 e. The topological polar surface area (TPSA) is 49.8 Å². The van der Waals surface area contributed by atoms with Gasteiger partial charge < -0.3 is 14.7 Å². The highest BCUT2D eigenvalue weighted by molar-refractivity contribution is 7.09. The van der Waals surface area contributed by atoms with Crippen LogP contribution in [-0.2, 0) is 6.54 Å². The summed E-state index contributed by atoms with van der Waals surface area (Å²) in [7, 11) is 3.21. The quantitative estimate of drug-likeness (QED) is 0.935. The molecule has 0 spiro atoms. The monoisotopic (exact) mass is 277 g/mol. The molecule has 4 nitrogen and oxygen atoms in total. The molecule has 0 aliphatic carbocycles. The second kappa shape index (κ2) is 5.75. The highest BCUT2D eigenvalue weighted by Crippen LogP contribution is 2.26. The summed E-state index contributed by atoms with van der Waals surface area (Å²) in [5.41, 5.74) is 0.442. The molecule has 0 aliphatic heterocycles. The van der Waals surface area contributed by atoms with E-state index in [1.165, 1.54) is 13.2 Å². The number of aromatic hydroxyl groups is 1. The molecule has 1 heterocycles. The maximum atomic E-state index is 12.2. The summed E-state index contributed by atoms with van der Waals surface area (Å²) >= 11 is 1.61. The number of carbonyl (C=O) groups excluding carboxylic acids is 1. The number of phenols is 1. The van der Waals surface area contributed by atoms with Gasteiger partial charge in [0, 0.05) is 17.5 Å². The number of hydrogen-bond acceptors (Lipinski definition) is 4. The Morgan fingerprint density at radius 3 is 2.79 bits per heavy atom. The van der Waals surface area contributed by atoms with Gasteiger partial charge in [0.1, 0.15) is 0 Å². The van der Waals surface area contributed by atoms with E-state index < -0.39 is 0 Å². The molecule has 0 radical (unpaired) electrons. The van der Waals surface area contributed by atoms with Crippen LogP contribution < -0.4 is 4.74 Å². The van der Waals surface area contributed by atoms with Crippen LogP contribution in [0, 0.1) is 0 Å². The zero-order valence-corrected chi connectivity index (χ0v) is 11.6. The molecule has 19 heavy (non-hydrogen) atoms. The molecule has 1 aromatic carbocycles. The molecule has 0 aliphatic rings. The van der Waals surface area contributed by atoms with Crippen LogP contribution in [0.4, 0.5) is 0 Å². The maximum Gasteiger partial charge on any atom is 0.254 e. The Hall–Kier alpha value is -2.01. The van der Waals surface area contributed by atoms with Gasteiger partial charge in [-0.1, -0.05) is 6.07 Å². The summed E-state index contributed by atoms with van der Waals surface area (Å²) in [6.07, 6.45) is 0. The van der Waals surface area contributed by atoms with Crippen LogP contribution in [-0.4, -0.2) is 30.1 Å². The molecule has 1 amide bonds. The van der Waals surface area contributed by atoms with Gasteiger partial charge >= 0.3 is 0 Å². The van der Waals surface area contributed by atoms with E-state index in [1.54, 1.807) is 35.4 Å². The summed E-state index contributed by atoms with van der Waals surface area (Å²) in [5.74, 6) is 0.196. The summed E-state index contributed by atoms with van der Waals surface area (Å²) in [5, 5.41) is 11.7. The van der Waals surface area contributed by atoms with Crippen molar-refractivity contribution in [2.45, 2.75) is 6.54 Å². The minimum Gasteiger partial charge on any atom is -0.504 e. The van der Waals surface area contributed by atoms with Crippen molar-refractivity contribution in [1.29, 1.82) is 0 Å². The zero-order chi connectivity index (χ0) is 13.8. The predicted molar refractivity (Wildman–Crippen MR) is 74.8 cm³/mol. The first-order valence-electron chi connectivity index (χ1n) is 5.76. The van der Waals surface area contributed by atoms with Gasteiger partial charge in [0.25, 0.3) is 5.91 Å². The van der Waals surface area contributed by atoms with Crippen molar-refractivity contribution < 1.29 is 14.6 Å². The Morgan fingerprint density at radius 1 is 1.42 bits per heavy atom. The van der Waals surface area contributed by atoms with Gasteiger partial charge in [0.2, 0.25) is 0 Å². The molecule has 0 saturated heterocycles. The van der Waals surface area contributed by atoms with Gasteiger partial charge in [0.05, 0.1) is 13.7 Å². The Kier molecular flexibility index (Phi) is 4.06. The van der Waals surface area contributed by atoms with Crippen molar-refractivity contribution in [1.82, 2.24) is 4.90 Å². The van der Waals surface area contributed by atoms with Gasteiger partial charge in [-0.15, -0.1) is 11.3 Å². The third-order valence-corrected chi connectivity index (χ3v) is 3.61. The van der Waals surface area contributed by atoms with Crippen LogP contribution in [0.2, 0.25) is 0 Å². The highest BCUT2D eigenvalue weighted by Gasteiger charge is 2.14. The first kappa shape index (κ1) is 13.4. The number of ether oxygens (including phenoxy) is 1. The van der Waals surface area contributed by atoms with Crippen molar-refractivity contribution in [3.8, 4) is 11.5 Å². The Bertz CT molecular complexity index is 566. The molecule has 2 rings (SSSR count). The van der Waals surface area contributed by atoms with E-state index in [0.29, 0.717) is 17.9 Å². The van der Waals surface area contributed by atoms with Gasteiger partial charge in [-0.05, 0) is 29.6 Å². The number of methoxy groups -OCH3 is 1. The van der Waals surface area contributed by atoms with Crippen LogP contribution >= 0.6 is 11.3 Å². The summed E-state index contributed by atoms with van der Waals surface area (Å²) in [4.78, 5) is 14.9. The first-order valence-corrected chi connectivity index (χ1v) is 6.64. The summed E-state index contributed by atoms with van der Waals surface area (Å²) in [6, 6.07) is 8.59. The lowest BCUT2D eigenvalue weighted by molar-refractivity contribution is 0.0786. The fraction of sp³-hybridized carbons (Fsp3) is 0.214. The van der Waals surface area contributed by atoms with E-state index in [0.717, 1.165) is 4.88 Å². The molecule has 0 fully saturated rings. The molecule has 0 unspecified atom stereocenters. The summed E-state index contributed by atoms with van der Waals surface area (Å²) < 4.78 is 4.95. The van der Waals surface area contributed by atoms with Gasteiger partial charge in [-0.25, -0.2) is 0 Å². The molecule has 0 bridgehead atoms. The molecule has 1 aromatic heterocycles. The van der Waals surface area contributed by atoms with Crippen LogP contribution in [0.3, 0.4) is 0 Å². The molecule has 2 aromatic rings. The van der Waals surface area contributed by atoms with E-state index in [2.05, 4.69) is 0 Å². The molecule has 5 heteroatoms. The molecule has 100 valence electrons. The van der Waals surface area contributed by atoms with E-state index in [1.807, 2.05) is 17.5 Å². The lowest BCUT2D eigenvalue weighted by Crippen LogP contribution is -2.25. The lowest BCUT2D eigenvalue weighted by Gasteiger charge is -2.16. The molecular formula is C14H15NO3S. The number of benzene rings is 1. The van der Waals surface area contributed by atoms with Gasteiger partial charge in [-0.2, -0.15) is 0 Å². The number of rotatable bonds is 4. The fourth-order valence-electron chi connectivity index (χ4n) is 1.75. The minimum atomic E-state index is -0.133. The van der Waals surface area contributed by atoms with Crippen LogP contribution in [0.15, 0.2) is 35.7 Å². The number of hydrogen-bond donors (Lipinski definition) is 1. The lowest BCUT2D eigenvalue weighted by atomic mass is 10.1. The van der Waals surface area contributed by atoms with Crippen LogP contribution in [0.25, 0.3) is 0 Å². The van der Waals surface area contributed by atoms with Gasteiger partial charge in [0.15, 0.2) is 11.5 Å². The standard InChI is InChI=1S/C14H15NO3S/c1-15(9-11-4-3-7-19-11)14(17)10-5-6-13(18-2)12(16)8-10/h3-8,16H,9H2,1-2H3. The van der Waals surface area contributed by atoms with E-state index in [9.17, 15) is 9.90 Å². The molecule has 1 N–H and O–H groups in total. The third kappa shape index (κ3) is 3.06. The largest absolute Gasteiger partial charge is 0.504 e. The first-order chi connectivity index (χ1) is 9.11. The van der Waals surface area contributed by atoms with Gasteiger partial charge in [-0.3, -0.25) is 4.79 Å². The highest BCUT2D eigenvalue weighted by atomic mass is 32.1. The average molecular weight is 277 g/mol. The maximum absolute atomic E-state index is 12.2. The number of carbonyl (C=O) groups is 1. The van der Waals surface area contributed by atoms with E-state index in [-0.39, 0.29) is 11.7 Å². The Balaban J connectivity index is 2.12. The Morgan fingerprint density at radius 2 is 2.21 bits per heavy atom. The second-order valence-electron chi connectivity index (χ2n) is 4.13. The Labute approximate surface area is 115 Å². The van der Waals surface area contributed by atoms with E-state index in [4.69, 9.17) is 4.74 Å². The number of nitrogens with zero attached hydrogens (tertiary/aromatic N) is 1. The molecule has 0 atom stereocenters. The number of thiophene rings is 1. The van der Waals surface area contributed by atoms with E-state index >= 15 is 0 Å². The van der Waals surface area contributed by atoms with Crippen molar-refractivity contribution >= 4 is 17.2 Å². The fourth-order valence-corrected chi connectivity index (χ4v) is 2.51. The normalized spacial score (nSPS) is 10.2. The number of phenolic OH excluding ortho intramolecular Hbond substituents is 1. The van der Waals surface area contributed by atoms with Crippen molar-refractivity contribution in [2.75, 3.05) is 14.2 Å². The van der Waals surface area contributed by atoms with Crippen LogP contribution in [0.1, 0.15) is 15.2 Å². The average Bonchev–Trinajstić information content (AvgIpc) is 2.90. The molecular weight excluding hydrogens is 262 g/mol. The zero-order valence-electron chi connectivity index (χ0n) is 10.8. The SMILES string of the molecule is COc1ccc(C(=O)N(C)Cc2cccs2)cc1O.